The van der Waals surface area contributed by atoms with Gasteiger partial charge in [0, 0.05) is 5.82 Å². The van der Waals surface area contributed by atoms with Gasteiger partial charge in [0.05, 0.1) is 32.1 Å². The molecule has 2 radical (unpaired) electrons. The van der Waals surface area contributed by atoms with Crippen LogP contribution >= 0.6 is 0 Å². The molecule has 66 valence electrons. The minimum absolute atomic E-state index is 0.482. The van der Waals surface area contributed by atoms with Crippen molar-refractivity contribution in [2.45, 2.75) is 24.4 Å². The Morgan fingerprint density at radius 1 is 1.67 bits per heavy atom. The normalized spacial score (nSPS) is 48.3. The van der Waals surface area contributed by atoms with Gasteiger partial charge in [0.1, 0.15) is 5.78 Å². The van der Waals surface area contributed by atoms with E-state index in [0.29, 0.717) is 0 Å². The highest BCUT2D eigenvalue weighted by molar-refractivity contribution is 6.26. The van der Waals surface area contributed by atoms with Crippen LogP contribution in [0.15, 0.2) is 0 Å². The van der Waals surface area contributed by atoms with Gasteiger partial charge in [-0.1, -0.05) is 0 Å². The molecule has 1 rings (SSSR count). The van der Waals surface area contributed by atoms with E-state index in [9.17, 15) is 15.0 Å². The maximum Gasteiger partial charge on any atom is 0.138 e. The van der Waals surface area contributed by atoms with Crippen molar-refractivity contribution in [3.05, 3.63) is 0 Å². The van der Waals surface area contributed by atoms with Gasteiger partial charge in [-0.2, -0.15) is 0 Å². The number of aliphatic hydroxyl groups excluding tert-OH is 2. The Morgan fingerprint density at radius 3 is 2.33 bits per heavy atom. The highest BCUT2D eigenvalue weighted by Crippen LogP contribution is 2.38. The fourth-order valence-corrected chi connectivity index (χ4v) is 1.46. The average Bonchev–Trinajstić information content (AvgIpc) is 2.15. The molecule has 12 heavy (non-hydrogen) atoms. The smallest absolute Gasteiger partial charge is 0.138 e. The molecule has 0 aromatic rings. The topological polar surface area (TPSA) is 77.8 Å². The molecular formula is C7H11BO4. The van der Waals surface area contributed by atoms with E-state index in [-0.39, 0.29) is 0 Å². The third-order valence-electron chi connectivity index (χ3n) is 2.48. The van der Waals surface area contributed by atoms with Crippen LogP contribution in [0, 0.1) is 5.92 Å². The molecule has 0 saturated heterocycles. The summed E-state index contributed by atoms with van der Waals surface area (Å²) in [6.07, 6.45) is -1.27. The van der Waals surface area contributed by atoms with E-state index < -0.39 is 35.8 Å². The Hall–Kier alpha value is -0.385. The van der Waals surface area contributed by atoms with Gasteiger partial charge in [-0.25, -0.2) is 0 Å². The molecule has 5 heteroatoms. The summed E-state index contributed by atoms with van der Waals surface area (Å²) in [4.78, 5) is 11.2. The fourth-order valence-electron chi connectivity index (χ4n) is 1.46. The van der Waals surface area contributed by atoms with Gasteiger partial charge < -0.3 is 15.3 Å². The summed E-state index contributed by atoms with van der Waals surface area (Å²) in [6.45, 7) is 0.805. The molecule has 4 nitrogen and oxygen atoms in total. The molecule has 1 aliphatic carbocycles. The number of aliphatic hydroxyl groups is 3. The van der Waals surface area contributed by atoms with Gasteiger partial charge in [-0.05, 0) is 6.92 Å². The van der Waals surface area contributed by atoms with E-state index in [1.165, 1.54) is 6.92 Å². The summed E-state index contributed by atoms with van der Waals surface area (Å²) >= 11 is 0. The summed E-state index contributed by atoms with van der Waals surface area (Å²) in [5.41, 5.74) is -1.62. The van der Waals surface area contributed by atoms with Crippen molar-refractivity contribution in [2.24, 2.45) is 5.92 Å². The van der Waals surface area contributed by atoms with Crippen LogP contribution in [0.4, 0.5) is 0 Å². The zero-order valence-corrected chi connectivity index (χ0v) is 6.77. The summed E-state index contributed by atoms with van der Waals surface area (Å²) in [5, 5.41) is 27.6. The predicted molar refractivity (Wildman–Crippen MR) is 41.7 cm³/mol. The van der Waals surface area contributed by atoms with Crippen LogP contribution in [0.25, 0.3) is 0 Å². The van der Waals surface area contributed by atoms with Crippen LogP contribution in [-0.2, 0) is 4.79 Å². The molecule has 0 aromatic heterocycles. The minimum atomic E-state index is -1.62. The van der Waals surface area contributed by atoms with Crippen LogP contribution in [-0.4, -0.2) is 47.3 Å². The highest BCUT2D eigenvalue weighted by Gasteiger charge is 2.53. The predicted octanol–water partition coefficient (Wildman–Crippen LogP) is -1.75. The molecule has 0 amide bonds. The third kappa shape index (κ3) is 1.09. The lowest BCUT2D eigenvalue weighted by Gasteiger charge is -2.25. The quantitative estimate of drug-likeness (QED) is 0.407. The lowest BCUT2D eigenvalue weighted by molar-refractivity contribution is -0.123. The average molecular weight is 170 g/mol. The summed E-state index contributed by atoms with van der Waals surface area (Å²) in [5.74, 6) is -2.55. The molecule has 0 bridgehead atoms. The molecule has 1 fully saturated rings. The van der Waals surface area contributed by atoms with Gasteiger partial charge in [0.25, 0.3) is 0 Å². The van der Waals surface area contributed by atoms with Crippen LogP contribution in [0.3, 0.4) is 0 Å². The van der Waals surface area contributed by atoms with E-state index in [1.54, 1.807) is 0 Å². The van der Waals surface area contributed by atoms with Gasteiger partial charge in [0.2, 0.25) is 0 Å². The minimum Gasteiger partial charge on any atom is -0.396 e. The van der Waals surface area contributed by atoms with Gasteiger partial charge in [-0.15, -0.1) is 0 Å². The first-order valence-electron chi connectivity index (χ1n) is 3.73. The lowest BCUT2D eigenvalue weighted by Crippen LogP contribution is -2.40. The molecule has 0 aromatic carbocycles. The van der Waals surface area contributed by atoms with E-state index >= 15 is 0 Å². The number of carbonyl (C=O) groups excluding carboxylic acids is 1. The molecule has 0 heterocycles. The van der Waals surface area contributed by atoms with Crippen molar-refractivity contribution in [2.75, 3.05) is 6.61 Å². The summed E-state index contributed by atoms with van der Waals surface area (Å²) in [6, 6.07) is 0. The Labute approximate surface area is 71.6 Å². The van der Waals surface area contributed by atoms with Crippen LogP contribution in [0.5, 0.6) is 0 Å². The number of hydrogen-bond acceptors (Lipinski definition) is 4. The zero-order chi connectivity index (χ0) is 9.52. The number of Topliss-reactive ketones (excluding diaryl/α,β-unsaturated/α-hetero) is 1. The second-order valence-electron chi connectivity index (χ2n) is 3.34. The van der Waals surface area contributed by atoms with E-state index in [1.807, 2.05) is 0 Å². The Morgan fingerprint density at radius 2 is 2.17 bits per heavy atom. The Balaban J connectivity index is 2.94. The van der Waals surface area contributed by atoms with E-state index in [2.05, 4.69) is 0 Å². The zero-order valence-electron chi connectivity index (χ0n) is 6.77. The van der Waals surface area contributed by atoms with Gasteiger partial charge in [0.15, 0.2) is 0 Å². The number of ketones is 1. The van der Waals surface area contributed by atoms with E-state index in [0.717, 1.165) is 0 Å². The Bertz CT molecular complexity index is 204. The molecule has 4 atom stereocenters. The second kappa shape index (κ2) is 2.83. The molecule has 1 saturated carbocycles. The SMILES string of the molecule is [B][C@@H]1C(=O)[C@H](CO)[C@@H](O)[C@@]1(C)O. The third-order valence-corrected chi connectivity index (χ3v) is 2.48. The first kappa shape index (κ1) is 9.70. The van der Waals surface area contributed by atoms with Crippen molar-refractivity contribution in [3.63, 3.8) is 0 Å². The second-order valence-corrected chi connectivity index (χ2v) is 3.34. The maximum absolute atomic E-state index is 11.2. The van der Waals surface area contributed by atoms with Crippen LogP contribution in [0.2, 0.25) is 5.82 Å². The molecule has 0 unspecified atom stereocenters. The summed E-state index contributed by atoms with van der Waals surface area (Å²) < 4.78 is 0. The first-order valence-corrected chi connectivity index (χ1v) is 3.73. The number of hydrogen-bond donors (Lipinski definition) is 3. The maximum atomic E-state index is 11.2. The molecular weight excluding hydrogens is 159 g/mol. The summed E-state index contributed by atoms with van der Waals surface area (Å²) in [7, 11) is 5.34. The number of rotatable bonds is 1. The largest absolute Gasteiger partial charge is 0.396 e. The first-order chi connectivity index (χ1) is 5.42. The molecule has 3 N–H and O–H groups in total. The van der Waals surface area contributed by atoms with Crippen molar-refractivity contribution in [3.8, 4) is 0 Å². The Kier molecular flexibility index (Phi) is 2.29. The van der Waals surface area contributed by atoms with Gasteiger partial charge >= 0.3 is 0 Å². The number of carbonyl (C=O) groups is 1. The monoisotopic (exact) mass is 170 g/mol. The van der Waals surface area contributed by atoms with Crippen molar-refractivity contribution in [1.82, 2.24) is 0 Å². The fraction of sp³-hybridized carbons (Fsp3) is 0.857. The van der Waals surface area contributed by atoms with Crippen LogP contribution in [0.1, 0.15) is 6.92 Å². The van der Waals surface area contributed by atoms with Crippen molar-refractivity contribution < 1.29 is 20.1 Å². The van der Waals surface area contributed by atoms with Gasteiger partial charge in [-0.3, -0.25) is 4.79 Å². The standard InChI is InChI=1S/C7H11BO4/c1-7(12)5(8)4(10)3(2-9)6(7)11/h3,5-6,9,11-12H,2H2,1H3/t3-,5+,6+,7-/m0/s1. The van der Waals surface area contributed by atoms with Crippen molar-refractivity contribution in [1.29, 1.82) is 0 Å². The molecule has 0 spiro atoms. The molecule has 0 aliphatic heterocycles. The van der Waals surface area contributed by atoms with Crippen LogP contribution < -0.4 is 0 Å². The van der Waals surface area contributed by atoms with Crippen molar-refractivity contribution >= 4 is 13.6 Å². The lowest BCUT2D eigenvalue weighted by atomic mass is 9.75. The molecule has 1 aliphatic rings. The highest BCUT2D eigenvalue weighted by atomic mass is 16.3. The van der Waals surface area contributed by atoms with E-state index in [4.69, 9.17) is 13.0 Å².